The van der Waals surface area contributed by atoms with Gasteiger partial charge in [-0.15, -0.1) is 11.6 Å². The summed E-state index contributed by atoms with van der Waals surface area (Å²) in [6, 6.07) is 6.65. The van der Waals surface area contributed by atoms with Gasteiger partial charge in [0.15, 0.2) is 5.82 Å². The maximum absolute atomic E-state index is 6.17. The molecule has 4 heteroatoms. The number of halogens is 1. The van der Waals surface area contributed by atoms with Crippen LogP contribution in [-0.4, -0.2) is 22.0 Å². The van der Waals surface area contributed by atoms with E-state index in [0.29, 0.717) is 11.9 Å². The van der Waals surface area contributed by atoms with Crippen LogP contribution < -0.4 is 4.90 Å². The summed E-state index contributed by atoms with van der Waals surface area (Å²) in [5.41, 5.74) is 2.11. The summed E-state index contributed by atoms with van der Waals surface area (Å²) in [4.78, 5) is 7.25. The molecule has 3 rings (SSSR count). The van der Waals surface area contributed by atoms with Crippen molar-refractivity contribution < 1.29 is 0 Å². The van der Waals surface area contributed by atoms with Crippen molar-refractivity contribution in [1.29, 1.82) is 0 Å². The first-order chi connectivity index (χ1) is 9.31. The maximum Gasteiger partial charge on any atom is 0.152 e. The Labute approximate surface area is 119 Å². The SMILES string of the molecule is CC1CCCCCN1c1nc2ccccn2c1CCl. The number of nitrogens with zero attached hydrogens (tertiary/aromatic N) is 3. The minimum Gasteiger partial charge on any atom is -0.352 e. The second-order valence-corrected chi connectivity index (χ2v) is 5.60. The molecule has 2 aromatic heterocycles. The van der Waals surface area contributed by atoms with Crippen LogP contribution in [0.3, 0.4) is 0 Å². The van der Waals surface area contributed by atoms with Crippen LogP contribution in [0.4, 0.5) is 5.82 Å². The Bertz CT molecular complexity index is 564. The van der Waals surface area contributed by atoms with Gasteiger partial charge in [0.25, 0.3) is 0 Å². The van der Waals surface area contributed by atoms with Crippen molar-refractivity contribution in [3.8, 4) is 0 Å². The summed E-state index contributed by atoms with van der Waals surface area (Å²) in [5, 5.41) is 0. The van der Waals surface area contributed by atoms with E-state index in [-0.39, 0.29) is 0 Å². The molecule has 1 fully saturated rings. The Kier molecular flexibility index (Phi) is 3.65. The van der Waals surface area contributed by atoms with Gasteiger partial charge in [0, 0.05) is 18.8 Å². The summed E-state index contributed by atoms with van der Waals surface area (Å²) >= 11 is 6.17. The van der Waals surface area contributed by atoms with Crippen LogP contribution in [0.1, 0.15) is 38.3 Å². The maximum atomic E-state index is 6.17. The monoisotopic (exact) mass is 277 g/mol. The van der Waals surface area contributed by atoms with E-state index in [2.05, 4.69) is 16.2 Å². The lowest BCUT2D eigenvalue weighted by Gasteiger charge is -2.28. The number of aromatic nitrogens is 2. The first kappa shape index (κ1) is 12.8. The molecule has 0 saturated carbocycles. The van der Waals surface area contributed by atoms with Crippen molar-refractivity contribution >= 4 is 23.1 Å². The highest BCUT2D eigenvalue weighted by atomic mass is 35.5. The van der Waals surface area contributed by atoms with Gasteiger partial charge in [-0.1, -0.05) is 18.9 Å². The zero-order chi connectivity index (χ0) is 13.2. The molecule has 0 bridgehead atoms. The van der Waals surface area contributed by atoms with Crippen molar-refractivity contribution in [2.45, 2.75) is 44.5 Å². The van der Waals surface area contributed by atoms with E-state index in [1.54, 1.807) is 0 Å². The molecule has 102 valence electrons. The molecule has 1 atom stereocenters. The van der Waals surface area contributed by atoms with Crippen LogP contribution in [0.25, 0.3) is 5.65 Å². The number of imidazole rings is 1. The molecule has 0 radical (unpaired) electrons. The van der Waals surface area contributed by atoms with Crippen LogP contribution in [-0.2, 0) is 5.88 Å². The first-order valence-corrected chi connectivity index (χ1v) is 7.63. The van der Waals surface area contributed by atoms with E-state index >= 15 is 0 Å². The second-order valence-electron chi connectivity index (χ2n) is 5.34. The number of fused-ring (bicyclic) bond motifs is 1. The number of anilines is 1. The molecule has 0 N–H and O–H groups in total. The van der Waals surface area contributed by atoms with Gasteiger partial charge in [-0.25, -0.2) is 4.98 Å². The zero-order valence-corrected chi connectivity index (χ0v) is 12.1. The topological polar surface area (TPSA) is 20.5 Å². The lowest BCUT2D eigenvalue weighted by atomic mass is 10.1. The van der Waals surface area contributed by atoms with Crippen LogP contribution in [0.5, 0.6) is 0 Å². The number of pyridine rings is 1. The molecule has 1 aliphatic heterocycles. The summed E-state index contributed by atoms with van der Waals surface area (Å²) in [6.45, 7) is 3.39. The third-order valence-electron chi connectivity index (χ3n) is 4.06. The normalized spacial score (nSPS) is 20.7. The Morgan fingerprint density at radius 2 is 2.21 bits per heavy atom. The molecule has 0 aliphatic carbocycles. The molecule has 1 aliphatic rings. The predicted octanol–water partition coefficient (Wildman–Crippen LogP) is 3.84. The fourth-order valence-corrected chi connectivity index (χ4v) is 3.23. The van der Waals surface area contributed by atoms with Crippen molar-refractivity contribution in [2.75, 3.05) is 11.4 Å². The van der Waals surface area contributed by atoms with Gasteiger partial charge in [-0.2, -0.15) is 0 Å². The van der Waals surface area contributed by atoms with Crippen LogP contribution in [0.15, 0.2) is 24.4 Å². The zero-order valence-electron chi connectivity index (χ0n) is 11.3. The molecule has 2 aromatic rings. The number of rotatable bonds is 2. The average molecular weight is 278 g/mol. The highest BCUT2D eigenvalue weighted by Crippen LogP contribution is 2.28. The van der Waals surface area contributed by atoms with Crippen LogP contribution in [0, 0.1) is 0 Å². The molecule has 3 nitrogen and oxygen atoms in total. The van der Waals surface area contributed by atoms with E-state index in [1.165, 1.54) is 25.7 Å². The number of hydrogen-bond donors (Lipinski definition) is 0. The molecule has 0 aromatic carbocycles. The fraction of sp³-hybridized carbons (Fsp3) is 0.533. The quantitative estimate of drug-likeness (QED) is 0.778. The van der Waals surface area contributed by atoms with Crippen molar-refractivity contribution in [2.24, 2.45) is 0 Å². The third-order valence-corrected chi connectivity index (χ3v) is 4.31. The van der Waals surface area contributed by atoms with Crippen molar-refractivity contribution in [1.82, 2.24) is 9.38 Å². The molecule has 0 amide bonds. The Hall–Kier alpha value is -1.22. The minimum absolute atomic E-state index is 0.504. The summed E-state index contributed by atoms with van der Waals surface area (Å²) < 4.78 is 2.11. The van der Waals surface area contributed by atoms with E-state index in [0.717, 1.165) is 23.7 Å². The predicted molar refractivity (Wildman–Crippen MR) is 80.0 cm³/mol. The molecule has 1 saturated heterocycles. The van der Waals surface area contributed by atoms with Crippen molar-refractivity contribution in [3.05, 3.63) is 30.1 Å². The molecular weight excluding hydrogens is 258 g/mol. The largest absolute Gasteiger partial charge is 0.352 e. The van der Waals surface area contributed by atoms with Crippen LogP contribution in [0.2, 0.25) is 0 Å². The molecule has 1 unspecified atom stereocenters. The van der Waals surface area contributed by atoms with Gasteiger partial charge in [-0.3, -0.25) is 0 Å². The lowest BCUT2D eigenvalue weighted by Crippen LogP contribution is -2.33. The number of alkyl halides is 1. The van der Waals surface area contributed by atoms with E-state index in [9.17, 15) is 0 Å². The van der Waals surface area contributed by atoms with Gasteiger partial charge < -0.3 is 9.30 Å². The van der Waals surface area contributed by atoms with Gasteiger partial charge in [0.1, 0.15) is 5.65 Å². The second kappa shape index (κ2) is 5.41. The van der Waals surface area contributed by atoms with Gasteiger partial charge >= 0.3 is 0 Å². The minimum atomic E-state index is 0.504. The number of hydrogen-bond acceptors (Lipinski definition) is 2. The van der Waals surface area contributed by atoms with Crippen LogP contribution >= 0.6 is 11.6 Å². The van der Waals surface area contributed by atoms with Gasteiger partial charge in [0.05, 0.1) is 11.6 Å². The first-order valence-electron chi connectivity index (χ1n) is 7.10. The van der Waals surface area contributed by atoms with Gasteiger partial charge in [-0.05, 0) is 31.9 Å². The van der Waals surface area contributed by atoms with E-state index in [4.69, 9.17) is 16.6 Å². The fourth-order valence-electron chi connectivity index (χ4n) is 2.98. The molecule has 0 spiro atoms. The van der Waals surface area contributed by atoms with E-state index < -0.39 is 0 Å². The molecule has 19 heavy (non-hydrogen) atoms. The Morgan fingerprint density at radius 3 is 3.05 bits per heavy atom. The highest BCUT2D eigenvalue weighted by molar-refractivity contribution is 6.17. The smallest absolute Gasteiger partial charge is 0.152 e. The Morgan fingerprint density at radius 1 is 1.32 bits per heavy atom. The Balaban J connectivity index is 2.07. The lowest BCUT2D eigenvalue weighted by molar-refractivity contribution is 0.611. The van der Waals surface area contributed by atoms with Crippen molar-refractivity contribution in [3.63, 3.8) is 0 Å². The highest BCUT2D eigenvalue weighted by Gasteiger charge is 2.23. The standard InChI is InChI=1S/C15H20ClN3/c1-12-7-3-2-5-9-18(12)15-13(11-16)19-10-6-4-8-14(19)17-15/h4,6,8,10,12H,2-3,5,7,9,11H2,1H3. The molecular formula is C15H20ClN3. The third kappa shape index (κ3) is 2.32. The summed E-state index contributed by atoms with van der Waals surface area (Å²) in [6.07, 6.45) is 7.19. The van der Waals surface area contributed by atoms with Gasteiger partial charge in [0.2, 0.25) is 0 Å². The van der Waals surface area contributed by atoms with E-state index in [1.807, 2.05) is 24.4 Å². The summed E-state index contributed by atoms with van der Waals surface area (Å²) in [7, 11) is 0. The summed E-state index contributed by atoms with van der Waals surface area (Å²) in [5.74, 6) is 1.58. The molecule has 3 heterocycles. The average Bonchev–Trinajstić information content (AvgIpc) is 2.67.